The van der Waals surface area contributed by atoms with Crippen molar-refractivity contribution in [3.8, 4) is 0 Å². The number of amides is 3. The van der Waals surface area contributed by atoms with Gasteiger partial charge in [0.15, 0.2) is 0 Å². The summed E-state index contributed by atoms with van der Waals surface area (Å²) in [5.74, 6) is -0.933. The second-order valence-corrected chi connectivity index (χ2v) is 6.89. The SMILES string of the molecule is CC(C)(C)OC(=O)N1CCC(ON2C(=O)c3ccccc3C2=O)C1. The number of ether oxygens (including phenoxy) is 1. The molecule has 1 atom stereocenters. The van der Waals surface area contributed by atoms with Crippen LogP contribution in [0.1, 0.15) is 47.9 Å². The van der Waals surface area contributed by atoms with Gasteiger partial charge in [0.25, 0.3) is 11.8 Å². The lowest BCUT2D eigenvalue weighted by atomic mass is 10.1. The summed E-state index contributed by atoms with van der Waals surface area (Å²) in [4.78, 5) is 43.7. The molecule has 2 aliphatic rings. The van der Waals surface area contributed by atoms with Crippen LogP contribution in [0.25, 0.3) is 0 Å². The quantitative estimate of drug-likeness (QED) is 0.776. The largest absolute Gasteiger partial charge is 0.444 e. The molecule has 7 nitrogen and oxygen atoms in total. The second kappa shape index (κ2) is 5.90. The highest BCUT2D eigenvalue weighted by Crippen LogP contribution is 2.25. The summed E-state index contributed by atoms with van der Waals surface area (Å²) >= 11 is 0. The Kier molecular flexibility index (Phi) is 4.04. The molecule has 0 spiro atoms. The van der Waals surface area contributed by atoms with Crippen LogP contribution in [0.15, 0.2) is 24.3 Å². The van der Waals surface area contributed by atoms with Gasteiger partial charge in [0, 0.05) is 6.54 Å². The lowest BCUT2D eigenvalue weighted by Crippen LogP contribution is -2.38. The lowest BCUT2D eigenvalue weighted by Gasteiger charge is -2.24. The zero-order chi connectivity index (χ0) is 17.5. The van der Waals surface area contributed by atoms with Gasteiger partial charge in [-0.25, -0.2) is 4.79 Å². The molecule has 128 valence electrons. The van der Waals surface area contributed by atoms with Gasteiger partial charge in [-0.3, -0.25) is 14.4 Å². The van der Waals surface area contributed by atoms with Crippen molar-refractivity contribution in [3.63, 3.8) is 0 Å². The molecule has 7 heteroatoms. The van der Waals surface area contributed by atoms with E-state index in [1.54, 1.807) is 45.0 Å². The number of likely N-dealkylation sites (tertiary alicyclic amines) is 1. The average molecular weight is 332 g/mol. The van der Waals surface area contributed by atoms with Crippen LogP contribution in [-0.2, 0) is 9.57 Å². The Labute approximate surface area is 140 Å². The highest BCUT2D eigenvalue weighted by molar-refractivity contribution is 6.20. The standard InChI is InChI=1S/C17H20N2O5/c1-17(2,3)23-16(22)18-9-8-11(10-18)24-19-14(20)12-6-4-5-7-13(12)15(19)21/h4-7,11H,8-10H2,1-3H3. The molecule has 0 aliphatic carbocycles. The highest BCUT2D eigenvalue weighted by atomic mass is 16.7. The van der Waals surface area contributed by atoms with Crippen molar-refractivity contribution in [3.05, 3.63) is 35.4 Å². The third-order valence-corrected chi connectivity index (χ3v) is 3.81. The number of hydrogen-bond donors (Lipinski definition) is 0. The zero-order valence-corrected chi connectivity index (χ0v) is 13.9. The van der Waals surface area contributed by atoms with Crippen LogP contribution < -0.4 is 0 Å². The van der Waals surface area contributed by atoms with E-state index in [1.165, 1.54) is 4.90 Å². The van der Waals surface area contributed by atoms with E-state index in [9.17, 15) is 14.4 Å². The van der Waals surface area contributed by atoms with Gasteiger partial charge in [0.2, 0.25) is 0 Å². The maximum atomic E-state index is 12.3. The van der Waals surface area contributed by atoms with Gasteiger partial charge in [0.05, 0.1) is 17.7 Å². The van der Waals surface area contributed by atoms with Gasteiger partial charge in [-0.05, 0) is 39.3 Å². The van der Waals surface area contributed by atoms with Crippen LogP contribution in [0.5, 0.6) is 0 Å². The predicted octanol–water partition coefficient (Wildman–Crippen LogP) is 2.22. The number of imide groups is 1. The summed E-state index contributed by atoms with van der Waals surface area (Å²) < 4.78 is 5.32. The summed E-state index contributed by atoms with van der Waals surface area (Å²) in [6.07, 6.45) is -0.303. The van der Waals surface area contributed by atoms with Gasteiger partial charge < -0.3 is 9.64 Å². The van der Waals surface area contributed by atoms with E-state index in [1.807, 2.05) is 0 Å². The number of carbonyl (C=O) groups is 3. The number of fused-ring (bicyclic) bond motifs is 1. The number of rotatable bonds is 2. The van der Waals surface area contributed by atoms with Crippen molar-refractivity contribution < 1.29 is 24.0 Å². The van der Waals surface area contributed by atoms with Gasteiger partial charge in [-0.2, -0.15) is 0 Å². The van der Waals surface area contributed by atoms with Crippen LogP contribution in [0.4, 0.5) is 4.79 Å². The van der Waals surface area contributed by atoms with Crippen molar-refractivity contribution in [1.82, 2.24) is 9.96 Å². The van der Waals surface area contributed by atoms with E-state index < -0.39 is 29.6 Å². The summed E-state index contributed by atoms with van der Waals surface area (Å²) in [5.41, 5.74) is 0.104. The van der Waals surface area contributed by atoms with Gasteiger partial charge in [-0.15, -0.1) is 5.06 Å². The van der Waals surface area contributed by atoms with E-state index >= 15 is 0 Å². The second-order valence-electron chi connectivity index (χ2n) is 6.89. The Balaban J connectivity index is 1.62. The predicted molar refractivity (Wildman–Crippen MR) is 84.2 cm³/mol. The first kappa shape index (κ1) is 16.4. The van der Waals surface area contributed by atoms with Crippen molar-refractivity contribution in [2.75, 3.05) is 13.1 Å². The molecule has 3 amide bonds. The fourth-order valence-electron chi connectivity index (χ4n) is 2.72. The van der Waals surface area contributed by atoms with E-state index in [4.69, 9.17) is 9.57 Å². The Bertz CT molecular complexity index is 659. The van der Waals surface area contributed by atoms with E-state index in [0.29, 0.717) is 24.1 Å². The Morgan fingerprint density at radius 1 is 1.12 bits per heavy atom. The maximum Gasteiger partial charge on any atom is 0.410 e. The Hall–Kier alpha value is -2.41. The fourth-order valence-corrected chi connectivity index (χ4v) is 2.72. The number of carbonyl (C=O) groups excluding carboxylic acids is 3. The van der Waals surface area contributed by atoms with Crippen molar-refractivity contribution >= 4 is 17.9 Å². The van der Waals surface area contributed by atoms with Gasteiger partial charge >= 0.3 is 6.09 Å². The molecule has 1 unspecified atom stereocenters. The number of benzene rings is 1. The van der Waals surface area contributed by atoms with Crippen LogP contribution in [0, 0.1) is 0 Å². The monoisotopic (exact) mass is 332 g/mol. The third kappa shape index (κ3) is 3.12. The molecule has 0 bridgehead atoms. The van der Waals surface area contributed by atoms with Gasteiger partial charge in [-0.1, -0.05) is 12.1 Å². The smallest absolute Gasteiger partial charge is 0.410 e. The van der Waals surface area contributed by atoms with Crippen molar-refractivity contribution in [2.24, 2.45) is 0 Å². The molecule has 3 rings (SSSR count). The normalized spacial score (nSPS) is 20.5. The molecule has 0 aromatic heterocycles. The molecule has 0 saturated carbocycles. The molecule has 1 fully saturated rings. The minimum atomic E-state index is -0.571. The van der Waals surface area contributed by atoms with E-state index in [0.717, 1.165) is 5.06 Å². The number of nitrogens with zero attached hydrogens (tertiary/aromatic N) is 2. The molecule has 24 heavy (non-hydrogen) atoms. The molecule has 2 heterocycles. The maximum absolute atomic E-state index is 12.3. The zero-order valence-electron chi connectivity index (χ0n) is 13.9. The molecule has 1 aromatic carbocycles. The first-order chi connectivity index (χ1) is 11.3. The molecular weight excluding hydrogens is 312 g/mol. The molecule has 2 aliphatic heterocycles. The molecule has 1 aromatic rings. The van der Waals surface area contributed by atoms with E-state index in [2.05, 4.69) is 0 Å². The molecule has 0 radical (unpaired) electrons. The first-order valence-electron chi connectivity index (χ1n) is 7.89. The van der Waals surface area contributed by atoms with Crippen LogP contribution in [0.2, 0.25) is 0 Å². The highest BCUT2D eigenvalue weighted by Gasteiger charge is 2.40. The lowest BCUT2D eigenvalue weighted by molar-refractivity contribution is -0.127. The van der Waals surface area contributed by atoms with Crippen molar-refractivity contribution in [2.45, 2.75) is 38.9 Å². The first-order valence-corrected chi connectivity index (χ1v) is 7.89. The number of hydrogen-bond acceptors (Lipinski definition) is 5. The summed E-state index contributed by atoms with van der Waals surface area (Å²) in [7, 11) is 0. The molecular formula is C17H20N2O5. The summed E-state index contributed by atoms with van der Waals surface area (Å²) in [6, 6.07) is 6.60. The minimum absolute atomic E-state index is 0.280. The number of hydroxylamine groups is 2. The molecule has 1 saturated heterocycles. The summed E-state index contributed by atoms with van der Waals surface area (Å²) in [5, 5.41) is 0.800. The van der Waals surface area contributed by atoms with E-state index in [-0.39, 0.29) is 6.54 Å². The topological polar surface area (TPSA) is 76.2 Å². The fraction of sp³-hybridized carbons (Fsp3) is 0.471. The minimum Gasteiger partial charge on any atom is -0.444 e. The van der Waals surface area contributed by atoms with Crippen LogP contribution in [-0.4, -0.2) is 52.7 Å². The van der Waals surface area contributed by atoms with Crippen LogP contribution in [0.3, 0.4) is 0 Å². The Morgan fingerprint density at radius 3 is 2.25 bits per heavy atom. The molecule has 0 N–H and O–H groups in total. The van der Waals surface area contributed by atoms with Gasteiger partial charge in [0.1, 0.15) is 11.7 Å². The van der Waals surface area contributed by atoms with Crippen molar-refractivity contribution in [1.29, 1.82) is 0 Å². The van der Waals surface area contributed by atoms with Crippen LogP contribution >= 0.6 is 0 Å². The Morgan fingerprint density at radius 2 is 1.71 bits per heavy atom. The summed E-state index contributed by atoms with van der Waals surface area (Å²) in [6.45, 7) is 6.14. The average Bonchev–Trinajstić information content (AvgIpc) is 3.06. The third-order valence-electron chi connectivity index (χ3n) is 3.81.